The fourth-order valence-electron chi connectivity index (χ4n) is 2.59. The lowest BCUT2D eigenvalue weighted by atomic mass is 10.1. The average Bonchev–Trinajstić information content (AvgIpc) is 3.09. The largest absolute Gasteiger partial charge is 0.382 e. The summed E-state index contributed by atoms with van der Waals surface area (Å²) in [6.45, 7) is 3.71. The molecule has 0 unspecified atom stereocenters. The average molecular weight is 318 g/mol. The molecular weight excluding hydrogens is 303 g/mol. The molecule has 1 aliphatic rings. The van der Waals surface area contributed by atoms with Crippen molar-refractivity contribution in [2.75, 3.05) is 36.8 Å². The van der Waals surface area contributed by atoms with E-state index in [1.165, 1.54) is 17.4 Å². The van der Waals surface area contributed by atoms with Crippen molar-refractivity contribution < 1.29 is 4.39 Å². The zero-order chi connectivity index (χ0) is 15.1. The summed E-state index contributed by atoms with van der Waals surface area (Å²) in [6.07, 6.45) is 0. The lowest BCUT2D eigenvalue weighted by molar-refractivity contribution is 0.586. The molecule has 8 heteroatoms. The summed E-state index contributed by atoms with van der Waals surface area (Å²) in [5.74, 6) is 0.0417. The van der Waals surface area contributed by atoms with E-state index in [4.69, 9.17) is 5.73 Å². The van der Waals surface area contributed by atoms with Gasteiger partial charge in [-0.1, -0.05) is 23.5 Å². The van der Waals surface area contributed by atoms with Crippen LogP contribution in [0.3, 0.4) is 0 Å². The number of nitrogens with one attached hydrogen (secondary N) is 1. The van der Waals surface area contributed by atoms with Crippen LogP contribution in [0.4, 0.5) is 15.3 Å². The first kappa shape index (κ1) is 13.5. The number of rotatable bonds is 2. The topological polar surface area (TPSA) is 71.5 Å². The van der Waals surface area contributed by atoms with Gasteiger partial charge in [0.1, 0.15) is 11.5 Å². The van der Waals surface area contributed by atoms with Crippen LogP contribution in [-0.4, -0.2) is 40.8 Å². The summed E-state index contributed by atoms with van der Waals surface area (Å²) in [4.78, 5) is 7.36. The van der Waals surface area contributed by atoms with E-state index in [-0.39, 0.29) is 5.82 Å². The van der Waals surface area contributed by atoms with Gasteiger partial charge in [-0.15, -0.1) is 5.10 Å². The van der Waals surface area contributed by atoms with Gasteiger partial charge in [0.15, 0.2) is 5.82 Å². The van der Waals surface area contributed by atoms with Gasteiger partial charge in [0.25, 0.3) is 0 Å². The van der Waals surface area contributed by atoms with E-state index in [0.717, 1.165) is 31.3 Å². The second-order valence-electron chi connectivity index (χ2n) is 5.14. The minimum atomic E-state index is -0.331. The van der Waals surface area contributed by atoms with Crippen molar-refractivity contribution in [3.05, 3.63) is 30.1 Å². The van der Waals surface area contributed by atoms with Crippen LogP contribution in [0, 0.1) is 5.82 Å². The maximum atomic E-state index is 13.9. The number of nitrogens with zero attached hydrogens (tertiary/aromatic N) is 4. The minimum absolute atomic E-state index is 0.331. The van der Waals surface area contributed by atoms with Gasteiger partial charge in [-0.3, -0.25) is 0 Å². The molecule has 2 aromatic heterocycles. The SMILES string of the molecule is Nc1c(-c2ccccc2F)nc2sc(N3CCNCC3)nn12. The standard InChI is InChI=1S/C14H15FN6S/c15-10-4-2-1-3-9(10)11-12(16)21-13(18-11)22-14(19-21)20-7-5-17-6-8-20/h1-4,17H,5-8,16H2. The Kier molecular flexibility index (Phi) is 3.20. The number of piperazine rings is 1. The van der Waals surface area contributed by atoms with Crippen LogP contribution in [0.1, 0.15) is 0 Å². The van der Waals surface area contributed by atoms with E-state index in [2.05, 4.69) is 20.3 Å². The number of halogens is 1. The molecule has 1 fully saturated rings. The molecule has 1 aliphatic heterocycles. The van der Waals surface area contributed by atoms with Crippen molar-refractivity contribution in [3.63, 3.8) is 0 Å². The first-order valence-corrected chi connectivity index (χ1v) is 7.91. The van der Waals surface area contributed by atoms with Crippen LogP contribution in [0.5, 0.6) is 0 Å². The highest BCUT2D eigenvalue weighted by molar-refractivity contribution is 7.20. The molecule has 0 spiro atoms. The number of nitrogen functional groups attached to an aromatic ring is 1. The summed E-state index contributed by atoms with van der Waals surface area (Å²) in [5, 5.41) is 8.74. The number of fused-ring (bicyclic) bond motifs is 1. The zero-order valence-corrected chi connectivity index (χ0v) is 12.6. The van der Waals surface area contributed by atoms with Crippen molar-refractivity contribution in [1.82, 2.24) is 19.9 Å². The second-order valence-corrected chi connectivity index (χ2v) is 6.08. The maximum absolute atomic E-state index is 13.9. The molecule has 1 aromatic carbocycles. The van der Waals surface area contributed by atoms with Gasteiger partial charge in [0, 0.05) is 31.7 Å². The lowest BCUT2D eigenvalue weighted by Crippen LogP contribution is -2.43. The Hall–Kier alpha value is -2.19. The zero-order valence-electron chi connectivity index (χ0n) is 11.8. The molecule has 22 heavy (non-hydrogen) atoms. The van der Waals surface area contributed by atoms with E-state index in [1.54, 1.807) is 22.7 Å². The third-order valence-corrected chi connectivity index (χ3v) is 4.71. The Labute approximate surface area is 130 Å². The molecule has 0 bridgehead atoms. The summed E-state index contributed by atoms with van der Waals surface area (Å²) in [7, 11) is 0. The van der Waals surface area contributed by atoms with E-state index < -0.39 is 0 Å². The number of hydrogen-bond acceptors (Lipinski definition) is 6. The van der Waals surface area contributed by atoms with E-state index >= 15 is 0 Å². The second kappa shape index (κ2) is 5.22. The van der Waals surface area contributed by atoms with Crippen molar-refractivity contribution >= 4 is 27.2 Å². The van der Waals surface area contributed by atoms with Crippen LogP contribution in [0.25, 0.3) is 16.2 Å². The molecule has 0 atom stereocenters. The molecule has 0 radical (unpaired) electrons. The van der Waals surface area contributed by atoms with E-state index in [9.17, 15) is 4.39 Å². The molecule has 0 saturated carbocycles. The van der Waals surface area contributed by atoms with Gasteiger partial charge >= 0.3 is 0 Å². The third-order valence-electron chi connectivity index (χ3n) is 3.74. The highest BCUT2D eigenvalue weighted by atomic mass is 32.1. The van der Waals surface area contributed by atoms with Crippen molar-refractivity contribution in [2.45, 2.75) is 0 Å². The maximum Gasteiger partial charge on any atom is 0.216 e. The van der Waals surface area contributed by atoms with Gasteiger partial charge in [0.05, 0.1) is 0 Å². The highest BCUT2D eigenvalue weighted by Gasteiger charge is 2.20. The number of benzene rings is 1. The normalized spacial score (nSPS) is 15.6. The summed E-state index contributed by atoms with van der Waals surface area (Å²) >= 11 is 1.48. The van der Waals surface area contributed by atoms with E-state index in [1.807, 2.05) is 0 Å². The van der Waals surface area contributed by atoms with Crippen LogP contribution < -0.4 is 16.0 Å². The molecule has 114 valence electrons. The van der Waals surface area contributed by atoms with Gasteiger partial charge in [-0.2, -0.15) is 4.52 Å². The monoisotopic (exact) mass is 318 g/mol. The highest BCUT2D eigenvalue weighted by Crippen LogP contribution is 2.32. The molecular formula is C14H15FN6S. The fraction of sp³-hybridized carbons (Fsp3) is 0.286. The van der Waals surface area contributed by atoms with Crippen molar-refractivity contribution in [1.29, 1.82) is 0 Å². The Bertz CT molecular complexity index is 820. The lowest BCUT2D eigenvalue weighted by Gasteiger charge is -2.26. The Balaban J connectivity index is 1.76. The molecule has 0 amide bonds. The Morgan fingerprint density at radius 1 is 1.23 bits per heavy atom. The van der Waals surface area contributed by atoms with Crippen LogP contribution >= 0.6 is 11.3 Å². The van der Waals surface area contributed by atoms with E-state index in [0.29, 0.717) is 22.0 Å². The first-order valence-electron chi connectivity index (χ1n) is 7.09. The molecule has 3 N–H and O–H groups in total. The minimum Gasteiger partial charge on any atom is -0.382 e. The Morgan fingerprint density at radius 3 is 2.73 bits per heavy atom. The number of anilines is 2. The van der Waals surface area contributed by atoms with Gasteiger partial charge in [0.2, 0.25) is 10.1 Å². The van der Waals surface area contributed by atoms with Crippen molar-refractivity contribution in [2.24, 2.45) is 0 Å². The number of nitrogens with two attached hydrogens (primary N) is 1. The first-order chi connectivity index (χ1) is 10.7. The number of aromatic nitrogens is 3. The van der Waals surface area contributed by atoms with Crippen molar-refractivity contribution in [3.8, 4) is 11.3 Å². The van der Waals surface area contributed by atoms with Crippen LogP contribution in [0.15, 0.2) is 24.3 Å². The quantitative estimate of drug-likeness (QED) is 0.751. The number of imidazole rings is 1. The molecule has 4 rings (SSSR count). The molecule has 3 aromatic rings. The van der Waals surface area contributed by atoms with Gasteiger partial charge < -0.3 is 16.0 Å². The molecule has 6 nitrogen and oxygen atoms in total. The van der Waals surface area contributed by atoms with Gasteiger partial charge in [-0.05, 0) is 12.1 Å². The van der Waals surface area contributed by atoms with Crippen LogP contribution in [0.2, 0.25) is 0 Å². The summed E-state index contributed by atoms with van der Waals surface area (Å²) < 4.78 is 15.5. The summed E-state index contributed by atoms with van der Waals surface area (Å²) in [6, 6.07) is 6.50. The fourth-order valence-corrected chi connectivity index (χ4v) is 3.55. The predicted molar refractivity (Wildman–Crippen MR) is 85.8 cm³/mol. The molecule has 3 heterocycles. The molecule has 1 saturated heterocycles. The van der Waals surface area contributed by atoms with Crippen LogP contribution in [-0.2, 0) is 0 Å². The third kappa shape index (κ3) is 2.11. The number of hydrogen-bond donors (Lipinski definition) is 2. The Morgan fingerprint density at radius 2 is 2.00 bits per heavy atom. The molecule has 0 aliphatic carbocycles. The summed E-state index contributed by atoms with van der Waals surface area (Å²) in [5.41, 5.74) is 6.98. The van der Waals surface area contributed by atoms with Gasteiger partial charge in [-0.25, -0.2) is 9.37 Å². The predicted octanol–water partition coefficient (Wildman–Crippen LogP) is 1.59. The smallest absolute Gasteiger partial charge is 0.216 e.